The van der Waals surface area contributed by atoms with Crippen LogP contribution in [-0.4, -0.2) is 29.0 Å². The zero-order chi connectivity index (χ0) is 14.5. The zero-order valence-corrected chi connectivity index (χ0v) is 11.9. The second-order valence-electron chi connectivity index (χ2n) is 5.47. The number of rotatable bonds is 7. The van der Waals surface area contributed by atoms with Gasteiger partial charge in [0.25, 0.3) is 0 Å². The summed E-state index contributed by atoms with van der Waals surface area (Å²) in [6.45, 7) is 4.98. The molecule has 0 radical (unpaired) electrons. The van der Waals surface area contributed by atoms with Crippen LogP contribution in [0.25, 0.3) is 0 Å². The number of carbonyl (C=O) groups excluding carboxylic acids is 1. The Hall–Kier alpha value is -1.89. The third-order valence-electron chi connectivity index (χ3n) is 2.97. The molecule has 1 aliphatic carbocycles. The molecule has 0 saturated heterocycles. The quantitative estimate of drug-likeness (QED) is 0.435. The fourth-order valence-electron chi connectivity index (χ4n) is 1.71. The van der Waals surface area contributed by atoms with Crippen LogP contribution in [0.4, 0.5) is 11.6 Å². The van der Waals surface area contributed by atoms with Crippen LogP contribution in [0.3, 0.4) is 0 Å². The van der Waals surface area contributed by atoms with Crippen LogP contribution in [0, 0.1) is 5.92 Å². The second kappa shape index (κ2) is 6.51. The van der Waals surface area contributed by atoms with Crippen molar-refractivity contribution in [2.45, 2.75) is 32.6 Å². The molecule has 0 bridgehead atoms. The maximum Gasteiger partial charge on any atom is 0.239 e. The Balaban J connectivity index is 1.91. The molecule has 7 heteroatoms. The molecule has 0 aromatic carbocycles. The van der Waals surface area contributed by atoms with Crippen molar-refractivity contribution in [3.63, 3.8) is 0 Å². The Morgan fingerprint density at radius 2 is 2.10 bits per heavy atom. The van der Waals surface area contributed by atoms with Crippen molar-refractivity contribution < 1.29 is 4.79 Å². The van der Waals surface area contributed by atoms with Crippen molar-refractivity contribution in [1.29, 1.82) is 0 Å². The van der Waals surface area contributed by atoms with E-state index in [0.717, 1.165) is 18.7 Å². The molecular formula is C13H22N6O. The fraction of sp³-hybridized carbons (Fsp3) is 0.615. The van der Waals surface area contributed by atoms with Gasteiger partial charge in [-0.15, -0.1) is 0 Å². The molecule has 1 aliphatic rings. The summed E-state index contributed by atoms with van der Waals surface area (Å²) in [6, 6.07) is 1.70. The number of aromatic nitrogens is 2. The van der Waals surface area contributed by atoms with Crippen molar-refractivity contribution >= 4 is 17.5 Å². The van der Waals surface area contributed by atoms with E-state index in [2.05, 4.69) is 39.9 Å². The van der Waals surface area contributed by atoms with Crippen LogP contribution in [0.1, 0.15) is 38.4 Å². The molecule has 5 N–H and O–H groups in total. The molecule has 0 atom stereocenters. The Morgan fingerprint density at radius 1 is 1.40 bits per heavy atom. The van der Waals surface area contributed by atoms with Crippen LogP contribution in [0.2, 0.25) is 0 Å². The summed E-state index contributed by atoms with van der Waals surface area (Å²) in [5.74, 6) is 8.18. The molecule has 1 amide bonds. The lowest BCUT2D eigenvalue weighted by molar-refractivity contribution is -0.119. The first-order chi connectivity index (χ1) is 9.58. The number of hydrogen-bond acceptors (Lipinski definition) is 6. The Bertz CT molecular complexity index is 472. The van der Waals surface area contributed by atoms with E-state index in [1.165, 1.54) is 0 Å². The van der Waals surface area contributed by atoms with Gasteiger partial charge in [0.1, 0.15) is 17.5 Å². The van der Waals surface area contributed by atoms with Gasteiger partial charge < -0.3 is 16.1 Å². The Morgan fingerprint density at radius 3 is 2.70 bits per heavy atom. The van der Waals surface area contributed by atoms with Crippen molar-refractivity contribution in [2.75, 3.05) is 23.8 Å². The Kier molecular flexibility index (Phi) is 4.73. The number of nitrogens with two attached hydrogens (primary N) is 1. The van der Waals surface area contributed by atoms with Crippen LogP contribution >= 0.6 is 0 Å². The summed E-state index contributed by atoms with van der Waals surface area (Å²) in [5, 5.41) is 5.85. The molecule has 110 valence electrons. The first-order valence-electron chi connectivity index (χ1n) is 6.94. The van der Waals surface area contributed by atoms with E-state index < -0.39 is 0 Å². The maximum atomic E-state index is 11.6. The minimum Gasteiger partial charge on any atom is -0.361 e. The number of nitrogens with one attached hydrogen (secondary N) is 3. The van der Waals surface area contributed by atoms with Gasteiger partial charge in [-0.05, 0) is 18.8 Å². The molecule has 1 heterocycles. The van der Waals surface area contributed by atoms with Gasteiger partial charge in [0, 0.05) is 18.5 Å². The molecule has 7 nitrogen and oxygen atoms in total. The molecule has 1 aromatic heterocycles. The van der Waals surface area contributed by atoms with Crippen LogP contribution in [-0.2, 0) is 4.79 Å². The monoisotopic (exact) mass is 278 g/mol. The molecule has 20 heavy (non-hydrogen) atoms. The topological polar surface area (TPSA) is 105 Å². The first kappa shape index (κ1) is 14.5. The normalized spacial score (nSPS) is 14.2. The van der Waals surface area contributed by atoms with Crippen LogP contribution < -0.4 is 21.9 Å². The number of hydrogen-bond donors (Lipinski definition) is 4. The van der Waals surface area contributed by atoms with E-state index >= 15 is 0 Å². The van der Waals surface area contributed by atoms with Gasteiger partial charge in [0.05, 0.1) is 6.54 Å². The van der Waals surface area contributed by atoms with E-state index in [9.17, 15) is 4.79 Å². The number of nitrogens with zero attached hydrogens (tertiary/aromatic N) is 2. The van der Waals surface area contributed by atoms with Crippen molar-refractivity contribution in [3.8, 4) is 0 Å². The lowest BCUT2D eigenvalue weighted by atomic mass is 10.2. The van der Waals surface area contributed by atoms with E-state index in [1.54, 1.807) is 6.07 Å². The summed E-state index contributed by atoms with van der Waals surface area (Å²) in [7, 11) is 0. The maximum absolute atomic E-state index is 11.6. The smallest absolute Gasteiger partial charge is 0.239 e. The number of amides is 1. The van der Waals surface area contributed by atoms with E-state index in [1.807, 2.05) is 0 Å². The lowest BCUT2D eigenvalue weighted by Gasteiger charge is -2.10. The number of hydrazine groups is 1. The molecule has 1 saturated carbocycles. The van der Waals surface area contributed by atoms with Crippen molar-refractivity contribution in [2.24, 2.45) is 11.8 Å². The summed E-state index contributed by atoms with van der Waals surface area (Å²) in [6.07, 6.45) is 2.23. The van der Waals surface area contributed by atoms with Crippen LogP contribution in [0.15, 0.2) is 6.07 Å². The molecule has 0 aliphatic heterocycles. The van der Waals surface area contributed by atoms with Gasteiger partial charge in [0.15, 0.2) is 0 Å². The summed E-state index contributed by atoms with van der Waals surface area (Å²) < 4.78 is 0. The van der Waals surface area contributed by atoms with Gasteiger partial charge in [-0.3, -0.25) is 4.79 Å². The fourth-order valence-corrected chi connectivity index (χ4v) is 1.71. The predicted octanol–water partition coefficient (Wildman–Crippen LogP) is 0.824. The van der Waals surface area contributed by atoms with Crippen molar-refractivity contribution in [3.05, 3.63) is 11.9 Å². The molecular weight excluding hydrogens is 256 g/mol. The van der Waals surface area contributed by atoms with E-state index in [0.29, 0.717) is 30.0 Å². The Labute approximate surface area is 118 Å². The third-order valence-corrected chi connectivity index (χ3v) is 2.97. The van der Waals surface area contributed by atoms with Gasteiger partial charge >= 0.3 is 0 Å². The minimum absolute atomic E-state index is 0.0486. The number of carbonyl (C=O) groups is 1. The second-order valence-corrected chi connectivity index (χ2v) is 5.47. The average molecular weight is 278 g/mol. The van der Waals surface area contributed by atoms with E-state index in [-0.39, 0.29) is 12.5 Å². The van der Waals surface area contributed by atoms with E-state index in [4.69, 9.17) is 5.84 Å². The molecule has 0 unspecified atom stereocenters. The first-order valence-corrected chi connectivity index (χ1v) is 6.94. The molecule has 2 rings (SSSR count). The average Bonchev–Trinajstić information content (AvgIpc) is 3.27. The highest BCUT2D eigenvalue weighted by Gasteiger charge is 2.27. The van der Waals surface area contributed by atoms with Gasteiger partial charge in [-0.2, -0.15) is 0 Å². The van der Waals surface area contributed by atoms with Crippen molar-refractivity contribution in [1.82, 2.24) is 15.3 Å². The largest absolute Gasteiger partial charge is 0.361 e. The number of nitrogen functional groups attached to an aromatic ring is 1. The van der Waals surface area contributed by atoms with Gasteiger partial charge in [0.2, 0.25) is 5.91 Å². The lowest BCUT2D eigenvalue weighted by Crippen LogP contribution is -2.32. The van der Waals surface area contributed by atoms with Gasteiger partial charge in [-0.25, -0.2) is 15.8 Å². The highest BCUT2D eigenvalue weighted by Crippen LogP contribution is 2.38. The zero-order valence-electron chi connectivity index (χ0n) is 11.9. The van der Waals surface area contributed by atoms with Gasteiger partial charge in [-0.1, -0.05) is 13.8 Å². The highest BCUT2D eigenvalue weighted by atomic mass is 16.1. The molecule has 1 aromatic rings. The number of anilines is 2. The third kappa shape index (κ3) is 4.34. The molecule has 0 spiro atoms. The minimum atomic E-state index is -0.0486. The van der Waals surface area contributed by atoms with Crippen LogP contribution in [0.5, 0.6) is 0 Å². The predicted molar refractivity (Wildman–Crippen MR) is 78.2 cm³/mol. The SMILES string of the molecule is CC(C)CNC(=O)CNc1cc(NN)nc(C2CC2)n1. The highest BCUT2D eigenvalue weighted by molar-refractivity contribution is 5.80. The summed E-state index contributed by atoms with van der Waals surface area (Å²) in [4.78, 5) is 20.4. The standard InChI is InChI=1S/C13H22N6O/c1-8(2)6-16-12(20)7-15-10-5-11(19-14)18-13(17-10)9-3-4-9/h5,8-9H,3-4,6-7,14H2,1-2H3,(H,16,20)(H2,15,17,18,19). The summed E-state index contributed by atoms with van der Waals surface area (Å²) >= 11 is 0. The summed E-state index contributed by atoms with van der Waals surface area (Å²) in [5.41, 5.74) is 2.53. The molecule has 1 fully saturated rings.